The van der Waals surface area contributed by atoms with Crippen LogP contribution in [0.4, 0.5) is 11.4 Å². The Bertz CT molecular complexity index is 395. The maximum atomic E-state index is 10.9. The number of methoxy groups -OCH3 is 1. The molecule has 0 aliphatic heterocycles. The molecule has 1 atom stereocenters. The summed E-state index contributed by atoms with van der Waals surface area (Å²) in [6.07, 6.45) is 0.531. The predicted molar refractivity (Wildman–Crippen MR) is 64.4 cm³/mol. The first kappa shape index (κ1) is 13.2. The van der Waals surface area contributed by atoms with Crippen LogP contribution in [0.5, 0.6) is 5.75 Å². The summed E-state index contributed by atoms with van der Waals surface area (Å²) in [7, 11) is 1.46. The van der Waals surface area contributed by atoms with Gasteiger partial charge in [0.05, 0.1) is 18.1 Å². The van der Waals surface area contributed by atoms with E-state index in [0.717, 1.165) is 0 Å². The quantitative estimate of drug-likeness (QED) is 0.585. The van der Waals surface area contributed by atoms with Crippen LogP contribution in [0.3, 0.4) is 0 Å². The van der Waals surface area contributed by atoms with E-state index in [1.165, 1.54) is 13.2 Å². The molecule has 0 bridgehead atoms. The zero-order chi connectivity index (χ0) is 12.8. The Kier molecular flexibility index (Phi) is 4.71. The molecule has 0 aliphatic carbocycles. The SMILES string of the molecule is COc1ccc(NC(C)CCO)c([N+](=O)[O-])c1. The lowest BCUT2D eigenvalue weighted by molar-refractivity contribution is -0.384. The lowest BCUT2D eigenvalue weighted by Gasteiger charge is -2.14. The van der Waals surface area contributed by atoms with Gasteiger partial charge in [-0.1, -0.05) is 0 Å². The number of aliphatic hydroxyl groups is 1. The Labute approximate surface area is 99.4 Å². The Hall–Kier alpha value is -1.82. The Morgan fingerprint density at radius 2 is 2.29 bits per heavy atom. The predicted octanol–water partition coefficient (Wildman–Crippen LogP) is 1.79. The summed E-state index contributed by atoms with van der Waals surface area (Å²) in [5, 5.41) is 22.7. The second kappa shape index (κ2) is 6.05. The summed E-state index contributed by atoms with van der Waals surface area (Å²) >= 11 is 0. The maximum absolute atomic E-state index is 10.9. The fourth-order valence-electron chi connectivity index (χ4n) is 1.44. The summed E-state index contributed by atoms with van der Waals surface area (Å²) in [5.74, 6) is 0.442. The van der Waals surface area contributed by atoms with Crippen LogP contribution in [0.25, 0.3) is 0 Å². The van der Waals surface area contributed by atoms with E-state index in [2.05, 4.69) is 5.32 Å². The molecule has 17 heavy (non-hydrogen) atoms. The van der Waals surface area contributed by atoms with Crippen LogP contribution < -0.4 is 10.1 Å². The Balaban J connectivity index is 2.94. The highest BCUT2D eigenvalue weighted by atomic mass is 16.6. The van der Waals surface area contributed by atoms with Crippen molar-refractivity contribution >= 4 is 11.4 Å². The van der Waals surface area contributed by atoms with Crippen molar-refractivity contribution in [1.82, 2.24) is 0 Å². The summed E-state index contributed by atoms with van der Waals surface area (Å²) in [6.45, 7) is 1.89. The molecule has 1 unspecified atom stereocenters. The number of nitro benzene ring substituents is 1. The Morgan fingerprint density at radius 3 is 2.82 bits per heavy atom. The van der Waals surface area contributed by atoms with Gasteiger partial charge < -0.3 is 15.2 Å². The number of anilines is 1. The first-order valence-corrected chi connectivity index (χ1v) is 5.28. The highest BCUT2D eigenvalue weighted by molar-refractivity contribution is 5.64. The number of rotatable bonds is 6. The van der Waals surface area contributed by atoms with Gasteiger partial charge in [0.15, 0.2) is 0 Å². The summed E-state index contributed by atoms with van der Waals surface area (Å²) in [6, 6.07) is 4.59. The average molecular weight is 240 g/mol. The standard InChI is InChI=1S/C11H16N2O4/c1-8(5-6-14)12-10-4-3-9(17-2)7-11(10)13(15)16/h3-4,7-8,12,14H,5-6H2,1-2H3. The number of nitrogens with one attached hydrogen (secondary N) is 1. The highest BCUT2D eigenvalue weighted by Crippen LogP contribution is 2.29. The van der Waals surface area contributed by atoms with E-state index >= 15 is 0 Å². The van der Waals surface area contributed by atoms with Crippen molar-refractivity contribution < 1.29 is 14.8 Å². The lowest BCUT2D eigenvalue weighted by Crippen LogP contribution is -2.17. The first-order chi connectivity index (χ1) is 8.08. The largest absolute Gasteiger partial charge is 0.496 e. The molecule has 1 rings (SSSR count). The number of nitrogens with zero attached hydrogens (tertiary/aromatic N) is 1. The third-order valence-electron chi connectivity index (χ3n) is 2.37. The number of nitro groups is 1. The molecule has 6 nitrogen and oxygen atoms in total. The van der Waals surface area contributed by atoms with Crippen LogP contribution in [0.1, 0.15) is 13.3 Å². The van der Waals surface area contributed by atoms with Crippen molar-refractivity contribution in [3.8, 4) is 5.75 Å². The van der Waals surface area contributed by atoms with E-state index in [-0.39, 0.29) is 18.3 Å². The molecule has 0 aromatic heterocycles. The highest BCUT2D eigenvalue weighted by Gasteiger charge is 2.16. The van der Waals surface area contributed by atoms with Gasteiger partial charge in [0.25, 0.3) is 5.69 Å². The maximum Gasteiger partial charge on any atom is 0.296 e. The summed E-state index contributed by atoms with van der Waals surface area (Å²) < 4.78 is 4.94. The Morgan fingerprint density at radius 1 is 1.59 bits per heavy atom. The minimum Gasteiger partial charge on any atom is -0.496 e. The average Bonchev–Trinajstić information content (AvgIpc) is 2.29. The zero-order valence-corrected chi connectivity index (χ0v) is 9.84. The first-order valence-electron chi connectivity index (χ1n) is 5.28. The van der Waals surface area contributed by atoms with Crippen molar-refractivity contribution in [2.45, 2.75) is 19.4 Å². The summed E-state index contributed by atoms with van der Waals surface area (Å²) in [4.78, 5) is 10.4. The smallest absolute Gasteiger partial charge is 0.296 e. The molecule has 94 valence electrons. The van der Waals surface area contributed by atoms with Crippen molar-refractivity contribution in [2.24, 2.45) is 0 Å². The van der Waals surface area contributed by atoms with Crippen molar-refractivity contribution in [3.63, 3.8) is 0 Å². The van der Waals surface area contributed by atoms with E-state index < -0.39 is 4.92 Å². The van der Waals surface area contributed by atoms with Crippen LogP contribution in [0.15, 0.2) is 18.2 Å². The van der Waals surface area contributed by atoms with Gasteiger partial charge >= 0.3 is 0 Å². The van der Waals surface area contributed by atoms with Gasteiger partial charge in [-0.25, -0.2) is 0 Å². The number of benzene rings is 1. The third-order valence-corrected chi connectivity index (χ3v) is 2.37. The fraction of sp³-hybridized carbons (Fsp3) is 0.455. The van der Waals surface area contributed by atoms with Gasteiger partial charge in [-0.05, 0) is 25.5 Å². The molecule has 0 saturated heterocycles. The van der Waals surface area contributed by atoms with Crippen LogP contribution >= 0.6 is 0 Å². The molecular weight excluding hydrogens is 224 g/mol. The third kappa shape index (κ3) is 3.60. The van der Waals surface area contributed by atoms with Crippen LogP contribution in [0.2, 0.25) is 0 Å². The number of hydrogen-bond acceptors (Lipinski definition) is 5. The van der Waals surface area contributed by atoms with E-state index in [1.54, 1.807) is 12.1 Å². The van der Waals surface area contributed by atoms with Crippen molar-refractivity contribution in [2.75, 3.05) is 19.0 Å². The fourth-order valence-corrected chi connectivity index (χ4v) is 1.44. The molecule has 0 saturated carbocycles. The van der Waals surface area contributed by atoms with Gasteiger partial charge in [-0.3, -0.25) is 10.1 Å². The van der Waals surface area contributed by atoms with Gasteiger partial charge in [0, 0.05) is 12.6 Å². The minimum absolute atomic E-state index is 0.0332. The molecule has 6 heteroatoms. The van der Waals surface area contributed by atoms with Crippen LogP contribution in [0, 0.1) is 10.1 Å². The number of ether oxygens (including phenoxy) is 1. The molecule has 0 spiro atoms. The van der Waals surface area contributed by atoms with Gasteiger partial charge in [-0.2, -0.15) is 0 Å². The van der Waals surface area contributed by atoms with Gasteiger partial charge in [0.2, 0.25) is 0 Å². The van der Waals surface area contributed by atoms with E-state index in [9.17, 15) is 10.1 Å². The molecule has 2 N–H and O–H groups in total. The van der Waals surface area contributed by atoms with Crippen molar-refractivity contribution in [3.05, 3.63) is 28.3 Å². The number of aliphatic hydroxyl groups excluding tert-OH is 1. The molecule has 0 fully saturated rings. The minimum atomic E-state index is -0.462. The molecule has 0 heterocycles. The molecule has 1 aromatic carbocycles. The molecule has 0 radical (unpaired) electrons. The van der Waals surface area contributed by atoms with E-state index in [0.29, 0.717) is 17.9 Å². The normalized spacial score (nSPS) is 11.9. The second-order valence-corrected chi connectivity index (χ2v) is 3.70. The molecule has 0 aliphatic rings. The number of hydrogen-bond donors (Lipinski definition) is 2. The van der Waals surface area contributed by atoms with Gasteiger partial charge in [0.1, 0.15) is 11.4 Å². The molecular formula is C11H16N2O4. The lowest BCUT2D eigenvalue weighted by atomic mass is 10.2. The second-order valence-electron chi connectivity index (χ2n) is 3.70. The topological polar surface area (TPSA) is 84.6 Å². The summed E-state index contributed by atoms with van der Waals surface area (Å²) in [5.41, 5.74) is 0.394. The van der Waals surface area contributed by atoms with Crippen molar-refractivity contribution in [1.29, 1.82) is 0 Å². The monoisotopic (exact) mass is 240 g/mol. The van der Waals surface area contributed by atoms with Crippen LogP contribution in [-0.2, 0) is 0 Å². The van der Waals surface area contributed by atoms with Gasteiger partial charge in [-0.15, -0.1) is 0 Å². The van der Waals surface area contributed by atoms with Crippen LogP contribution in [-0.4, -0.2) is 29.8 Å². The van der Waals surface area contributed by atoms with E-state index in [4.69, 9.17) is 9.84 Å². The molecule has 0 amide bonds. The van der Waals surface area contributed by atoms with E-state index in [1.807, 2.05) is 6.92 Å². The zero-order valence-electron chi connectivity index (χ0n) is 9.84. The molecule has 1 aromatic rings.